The van der Waals surface area contributed by atoms with Crippen LogP contribution in [0.3, 0.4) is 0 Å². The zero-order valence-corrected chi connectivity index (χ0v) is 17.1. The standard InChI is InChI=1S/C17H25BrN2O4S/c1-3-5-6-7-8-16(14-18)19(13-4-2)25(23,24)17-11-9-15(10-12-17)20(21)22/h9-12,14H,3-8,13H2,1-2H3/b16-14-. The highest BCUT2D eigenvalue weighted by Gasteiger charge is 2.26. The van der Waals surface area contributed by atoms with Gasteiger partial charge in [0.2, 0.25) is 0 Å². The number of rotatable bonds is 11. The number of nitro benzene ring substituents is 1. The summed E-state index contributed by atoms with van der Waals surface area (Å²) in [6.45, 7) is 4.41. The molecule has 0 heterocycles. The lowest BCUT2D eigenvalue weighted by Gasteiger charge is -2.26. The molecule has 1 aromatic rings. The van der Waals surface area contributed by atoms with Crippen molar-refractivity contribution in [1.29, 1.82) is 0 Å². The maximum atomic E-state index is 13.0. The van der Waals surface area contributed by atoms with Crippen LogP contribution in [0, 0.1) is 10.1 Å². The fourth-order valence-corrected chi connectivity index (χ4v) is 4.68. The summed E-state index contributed by atoms with van der Waals surface area (Å²) in [6.07, 6.45) is 5.55. The normalized spacial score (nSPS) is 12.2. The number of non-ortho nitro benzene ring substituents is 1. The molecule has 0 unspecified atom stereocenters. The largest absolute Gasteiger partial charge is 0.270 e. The highest BCUT2D eigenvalue weighted by molar-refractivity contribution is 9.11. The number of sulfonamides is 1. The SMILES string of the molecule is CCCCCC/C(=C/Br)N(CCC)S(=O)(=O)c1ccc([N+](=O)[O-])cc1. The molecule has 0 saturated heterocycles. The van der Waals surface area contributed by atoms with Crippen LogP contribution in [0.1, 0.15) is 52.4 Å². The Kier molecular flexibility index (Phi) is 9.13. The van der Waals surface area contributed by atoms with Gasteiger partial charge in [0.25, 0.3) is 15.7 Å². The molecule has 8 heteroatoms. The molecule has 0 aliphatic carbocycles. The van der Waals surface area contributed by atoms with Crippen LogP contribution in [0.15, 0.2) is 39.8 Å². The molecule has 1 rings (SSSR count). The van der Waals surface area contributed by atoms with Gasteiger partial charge in [-0.05, 0) is 31.4 Å². The Bertz CT molecular complexity index is 687. The molecule has 6 nitrogen and oxygen atoms in total. The molecular formula is C17H25BrN2O4S. The van der Waals surface area contributed by atoms with E-state index in [1.165, 1.54) is 28.6 Å². The van der Waals surface area contributed by atoms with Crippen LogP contribution in [0.25, 0.3) is 0 Å². The number of halogens is 1. The minimum Gasteiger partial charge on any atom is -0.270 e. The molecule has 0 amide bonds. The molecule has 0 aliphatic rings. The molecule has 0 atom stereocenters. The van der Waals surface area contributed by atoms with Gasteiger partial charge < -0.3 is 0 Å². The van der Waals surface area contributed by atoms with E-state index in [1.54, 1.807) is 4.99 Å². The molecule has 25 heavy (non-hydrogen) atoms. The predicted octanol–water partition coefficient (Wildman–Crippen LogP) is 5.20. The second kappa shape index (κ2) is 10.6. The first-order chi connectivity index (χ1) is 11.9. The second-order valence-electron chi connectivity index (χ2n) is 5.74. The second-order valence-corrected chi connectivity index (χ2v) is 8.06. The van der Waals surface area contributed by atoms with Crippen LogP contribution in [0.4, 0.5) is 5.69 Å². The van der Waals surface area contributed by atoms with Gasteiger partial charge in [0.05, 0.1) is 9.82 Å². The molecule has 0 saturated carbocycles. The lowest BCUT2D eigenvalue weighted by molar-refractivity contribution is -0.384. The van der Waals surface area contributed by atoms with Crippen molar-refractivity contribution < 1.29 is 13.3 Å². The summed E-state index contributed by atoms with van der Waals surface area (Å²) in [7, 11) is -3.75. The van der Waals surface area contributed by atoms with Crippen molar-refractivity contribution in [3.63, 3.8) is 0 Å². The maximum Gasteiger partial charge on any atom is 0.269 e. The minimum absolute atomic E-state index is 0.0620. The average molecular weight is 433 g/mol. The third-order valence-corrected chi connectivity index (χ3v) is 6.19. The van der Waals surface area contributed by atoms with Crippen LogP contribution < -0.4 is 0 Å². The third-order valence-electron chi connectivity index (χ3n) is 3.79. The van der Waals surface area contributed by atoms with Crippen molar-refractivity contribution in [3.8, 4) is 0 Å². The van der Waals surface area contributed by atoms with Crippen LogP contribution in [0.5, 0.6) is 0 Å². The van der Waals surface area contributed by atoms with Crippen molar-refractivity contribution in [2.75, 3.05) is 6.54 Å². The quantitative estimate of drug-likeness (QED) is 0.273. The van der Waals surface area contributed by atoms with E-state index in [1.807, 2.05) is 6.92 Å². The number of allylic oxidation sites excluding steroid dienone is 1. The molecule has 0 N–H and O–H groups in total. The molecule has 0 fully saturated rings. The van der Waals surface area contributed by atoms with E-state index >= 15 is 0 Å². The highest BCUT2D eigenvalue weighted by Crippen LogP contribution is 2.26. The van der Waals surface area contributed by atoms with Gasteiger partial charge in [-0.3, -0.25) is 14.4 Å². The van der Waals surface area contributed by atoms with Crippen molar-refractivity contribution in [2.45, 2.75) is 57.3 Å². The van der Waals surface area contributed by atoms with Gasteiger partial charge in [-0.2, -0.15) is 0 Å². The summed E-state index contributed by atoms with van der Waals surface area (Å²) in [5.41, 5.74) is 0.577. The molecule has 1 aromatic carbocycles. The van der Waals surface area contributed by atoms with E-state index in [-0.39, 0.29) is 10.6 Å². The van der Waals surface area contributed by atoms with E-state index < -0.39 is 14.9 Å². The van der Waals surface area contributed by atoms with E-state index in [9.17, 15) is 18.5 Å². The van der Waals surface area contributed by atoms with Crippen molar-refractivity contribution in [1.82, 2.24) is 4.31 Å². The number of hydrogen-bond acceptors (Lipinski definition) is 4. The lowest BCUT2D eigenvalue weighted by Crippen LogP contribution is -2.31. The number of hydrogen-bond donors (Lipinski definition) is 0. The number of nitrogens with zero attached hydrogens (tertiary/aromatic N) is 2. The minimum atomic E-state index is -3.75. The Morgan fingerprint density at radius 3 is 2.28 bits per heavy atom. The summed E-state index contributed by atoms with van der Waals surface area (Å²) in [5.74, 6) is 0. The molecule has 0 aromatic heterocycles. The fourth-order valence-electron chi connectivity index (χ4n) is 2.45. The van der Waals surface area contributed by atoms with Crippen LogP contribution in [-0.4, -0.2) is 24.2 Å². The van der Waals surface area contributed by atoms with E-state index in [0.717, 1.165) is 25.7 Å². The zero-order chi connectivity index (χ0) is 18.9. The number of benzene rings is 1. The number of unbranched alkanes of at least 4 members (excludes halogenated alkanes) is 3. The van der Waals surface area contributed by atoms with Gasteiger partial charge in [0, 0.05) is 29.4 Å². The summed E-state index contributed by atoms with van der Waals surface area (Å²) >= 11 is 3.29. The van der Waals surface area contributed by atoms with Gasteiger partial charge in [-0.15, -0.1) is 0 Å². The summed E-state index contributed by atoms with van der Waals surface area (Å²) in [5, 5.41) is 10.8. The van der Waals surface area contributed by atoms with Gasteiger partial charge in [0.15, 0.2) is 0 Å². The van der Waals surface area contributed by atoms with Gasteiger partial charge in [-0.25, -0.2) is 8.42 Å². The molecule has 0 radical (unpaired) electrons. The van der Waals surface area contributed by atoms with E-state index in [4.69, 9.17) is 0 Å². The van der Waals surface area contributed by atoms with Gasteiger partial charge in [0.1, 0.15) is 0 Å². The Hall–Kier alpha value is -1.41. The monoisotopic (exact) mass is 432 g/mol. The smallest absolute Gasteiger partial charge is 0.269 e. The van der Waals surface area contributed by atoms with Crippen molar-refractivity contribution in [2.24, 2.45) is 0 Å². The Morgan fingerprint density at radius 2 is 1.80 bits per heavy atom. The lowest BCUT2D eigenvalue weighted by atomic mass is 10.1. The topological polar surface area (TPSA) is 80.5 Å². The van der Waals surface area contributed by atoms with Crippen LogP contribution in [-0.2, 0) is 10.0 Å². The number of nitro groups is 1. The van der Waals surface area contributed by atoms with Crippen LogP contribution >= 0.6 is 15.9 Å². The first-order valence-corrected chi connectivity index (χ1v) is 10.8. The zero-order valence-electron chi connectivity index (χ0n) is 14.7. The maximum absolute atomic E-state index is 13.0. The van der Waals surface area contributed by atoms with Crippen molar-refractivity contribution in [3.05, 3.63) is 45.1 Å². The molecular weight excluding hydrogens is 408 g/mol. The van der Waals surface area contributed by atoms with Gasteiger partial charge >= 0.3 is 0 Å². The summed E-state index contributed by atoms with van der Waals surface area (Å²) < 4.78 is 27.4. The van der Waals surface area contributed by atoms with Gasteiger partial charge in [-0.1, -0.05) is 49.0 Å². The first kappa shape index (κ1) is 21.6. The third kappa shape index (κ3) is 6.11. The van der Waals surface area contributed by atoms with E-state index in [0.29, 0.717) is 25.1 Å². The molecule has 0 bridgehead atoms. The van der Waals surface area contributed by atoms with Crippen molar-refractivity contribution >= 4 is 31.6 Å². The predicted molar refractivity (Wildman–Crippen MR) is 103 cm³/mol. The molecule has 0 spiro atoms. The highest BCUT2D eigenvalue weighted by atomic mass is 79.9. The molecule has 0 aliphatic heterocycles. The summed E-state index contributed by atoms with van der Waals surface area (Å²) in [6, 6.07) is 5.02. The Morgan fingerprint density at radius 1 is 1.16 bits per heavy atom. The summed E-state index contributed by atoms with van der Waals surface area (Å²) in [4.78, 5) is 11.9. The Labute approximate surface area is 158 Å². The Balaban J connectivity index is 3.06. The average Bonchev–Trinajstić information content (AvgIpc) is 2.60. The van der Waals surface area contributed by atoms with E-state index in [2.05, 4.69) is 22.9 Å². The first-order valence-electron chi connectivity index (χ1n) is 8.44. The fraction of sp³-hybridized carbons (Fsp3) is 0.529. The molecule has 140 valence electrons. The van der Waals surface area contributed by atoms with Crippen LogP contribution in [0.2, 0.25) is 0 Å².